The van der Waals surface area contributed by atoms with Gasteiger partial charge in [-0.1, -0.05) is 53.7 Å². The summed E-state index contributed by atoms with van der Waals surface area (Å²) in [5.41, 5.74) is 3.76. The molecule has 6 nitrogen and oxygen atoms in total. The minimum Gasteiger partial charge on any atom is -0.467 e. The Bertz CT molecular complexity index is 1240. The molecule has 0 radical (unpaired) electrons. The van der Waals surface area contributed by atoms with E-state index in [1.807, 2.05) is 68.4 Å². The highest BCUT2D eigenvalue weighted by Gasteiger charge is 2.40. The van der Waals surface area contributed by atoms with Crippen molar-refractivity contribution in [3.8, 4) is 6.07 Å². The third-order valence-electron chi connectivity index (χ3n) is 5.47. The normalized spacial score (nSPS) is 17.1. The van der Waals surface area contributed by atoms with Crippen molar-refractivity contribution in [3.63, 3.8) is 0 Å². The molecule has 1 aliphatic rings. The Labute approximate surface area is 196 Å². The molecule has 0 aliphatic carbocycles. The fourth-order valence-corrected chi connectivity index (χ4v) is 4.92. The number of thioether (sulfide) groups is 1. The van der Waals surface area contributed by atoms with Gasteiger partial charge in [0.2, 0.25) is 5.91 Å². The number of rotatable bonds is 6. The van der Waals surface area contributed by atoms with Crippen LogP contribution in [0.2, 0.25) is 0 Å². The molecule has 33 heavy (non-hydrogen) atoms. The molecule has 0 saturated carbocycles. The Morgan fingerprint density at radius 3 is 2.55 bits per heavy atom. The molecular weight excluding hydrogens is 434 g/mol. The molecule has 7 heteroatoms. The van der Waals surface area contributed by atoms with Crippen molar-refractivity contribution in [2.45, 2.75) is 32.1 Å². The molecule has 1 unspecified atom stereocenters. The second-order valence-electron chi connectivity index (χ2n) is 7.80. The number of nitrogens with one attached hydrogen (secondary N) is 1. The van der Waals surface area contributed by atoms with Crippen molar-refractivity contribution < 1.29 is 14.0 Å². The molecule has 166 valence electrons. The van der Waals surface area contributed by atoms with Crippen LogP contribution in [-0.4, -0.2) is 17.1 Å². The smallest absolute Gasteiger partial charge is 0.265 e. The summed E-state index contributed by atoms with van der Waals surface area (Å²) in [6.07, 6.45) is 2.03. The first-order chi connectivity index (χ1) is 16.0. The van der Waals surface area contributed by atoms with E-state index in [0.29, 0.717) is 22.9 Å². The molecule has 1 aliphatic heterocycles. The maximum Gasteiger partial charge on any atom is 0.265 e. The van der Waals surface area contributed by atoms with Gasteiger partial charge in [-0.3, -0.25) is 14.5 Å². The first-order valence-corrected chi connectivity index (χ1v) is 11.4. The number of hydrogen-bond donors (Lipinski definition) is 1. The van der Waals surface area contributed by atoms with Crippen molar-refractivity contribution in [2.75, 3.05) is 4.90 Å². The number of aryl methyl sites for hydroxylation is 2. The Hall–Kier alpha value is -3.76. The van der Waals surface area contributed by atoms with Crippen LogP contribution < -0.4 is 10.2 Å². The van der Waals surface area contributed by atoms with Gasteiger partial charge < -0.3 is 9.73 Å². The fraction of sp³-hybridized carbons (Fsp3) is 0.192. The third-order valence-corrected chi connectivity index (χ3v) is 6.73. The summed E-state index contributed by atoms with van der Waals surface area (Å²) < 4.78 is 5.25. The first kappa shape index (κ1) is 22.4. The highest BCUT2D eigenvalue weighted by atomic mass is 32.2. The quantitative estimate of drug-likeness (QED) is 0.431. The van der Waals surface area contributed by atoms with Gasteiger partial charge in [0.15, 0.2) is 0 Å². The first-order valence-electron chi connectivity index (χ1n) is 10.5. The van der Waals surface area contributed by atoms with Crippen LogP contribution in [-0.2, 0) is 22.6 Å². The monoisotopic (exact) mass is 457 g/mol. The van der Waals surface area contributed by atoms with Crippen LogP contribution in [0.25, 0.3) is 0 Å². The van der Waals surface area contributed by atoms with E-state index in [0.717, 1.165) is 16.7 Å². The molecule has 3 aromatic rings. The Kier molecular flexibility index (Phi) is 6.66. The number of carbonyl (C=O) groups is 2. The zero-order chi connectivity index (χ0) is 23.4. The third kappa shape index (κ3) is 4.86. The summed E-state index contributed by atoms with van der Waals surface area (Å²) >= 11 is 1.26. The van der Waals surface area contributed by atoms with Gasteiger partial charge in [-0.25, -0.2) is 0 Å². The van der Waals surface area contributed by atoms with E-state index < -0.39 is 11.2 Å². The lowest BCUT2D eigenvalue weighted by molar-refractivity contribution is -0.117. The van der Waals surface area contributed by atoms with E-state index in [2.05, 4.69) is 5.32 Å². The van der Waals surface area contributed by atoms with E-state index in [-0.39, 0.29) is 18.0 Å². The molecular formula is C26H23N3O3S. The molecule has 0 spiro atoms. The van der Waals surface area contributed by atoms with Crippen LogP contribution in [0.4, 0.5) is 5.69 Å². The summed E-state index contributed by atoms with van der Waals surface area (Å²) in [5, 5.41) is 12.5. The summed E-state index contributed by atoms with van der Waals surface area (Å²) in [4.78, 5) is 27.9. The molecule has 1 N–H and O–H groups in total. The minimum atomic E-state index is -0.544. The number of hydrogen-bond acceptors (Lipinski definition) is 5. The number of nitrogens with zero attached hydrogens (tertiary/aromatic N) is 2. The van der Waals surface area contributed by atoms with Gasteiger partial charge in [0.05, 0.1) is 18.1 Å². The number of amides is 2. The van der Waals surface area contributed by atoms with Gasteiger partial charge in [0.25, 0.3) is 5.91 Å². The van der Waals surface area contributed by atoms with Crippen molar-refractivity contribution in [2.24, 2.45) is 0 Å². The molecule has 0 bridgehead atoms. The predicted octanol–water partition coefficient (Wildman–Crippen LogP) is 4.64. The van der Waals surface area contributed by atoms with Crippen LogP contribution in [0.5, 0.6) is 0 Å². The van der Waals surface area contributed by atoms with Crippen molar-refractivity contribution in [1.29, 1.82) is 5.26 Å². The summed E-state index contributed by atoms with van der Waals surface area (Å²) in [6.45, 7) is 4.13. The van der Waals surface area contributed by atoms with Crippen molar-refractivity contribution in [3.05, 3.63) is 100.0 Å². The topological polar surface area (TPSA) is 86.3 Å². The zero-order valence-corrected chi connectivity index (χ0v) is 19.2. The highest BCUT2D eigenvalue weighted by molar-refractivity contribution is 8.05. The van der Waals surface area contributed by atoms with Crippen LogP contribution in [0.3, 0.4) is 0 Å². The van der Waals surface area contributed by atoms with Gasteiger partial charge in [-0.2, -0.15) is 5.26 Å². The standard InChI is InChI=1S/C26H23N3O3S/c1-17-9-11-20(12-10-17)29-25(31)23(14-19-7-4-3-6-18(19)2)33-26(29)22(15-27)24(30)28-16-21-8-5-13-32-21/h3-13,23H,14,16H2,1-2H3,(H,28,30)/b26-22+. The maximum absolute atomic E-state index is 13.5. The zero-order valence-electron chi connectivity index (χ0n) is 18.4. The fourth-order valence-electron chi connectivity index (χ4n) is 3.62. The average molecular weight is 458 g/mol. The molecule has 1 atom stereocenters. The van der Waals surface area contributed by atoms with E-state index >= 15 is 0 Å². The van der Waals surface area contributed by atoms with E-state index in [1.54, 1.807) is 12.1 Å². The Morgan fingerprint density at radius 2 is 1.88 bits per heavy atom. The highest BCUT2D eigenvalue weighted by Crippen LogP contribution is 2.42. The lowest BCUT2D eigenvalue weighted by Gasteiger charge is -2.19. The lowest BCUT2D eigenvalue weighted by atomic mass is 10.0. The Morgan fingerprint density at radius 1 is 1.12 bits per heavy atom. The van der Waals surface area contributed by atoms with Gasteiger partial charge in [0, 0.05) is 5.69 Å². The second kappa shape index (κ2) is 9.80. The average Bonchev–Trinajstić information content (AvgIpc) is 3.44. The van der Waals surface area contributed by atoms with E-state index in [9.17, 15) is 14.9 Å². The van der Waals surface area contributed by atoms with Crippen LogP contribution >= 0.6 is 11.8 Å². The molecule has 2 aromatic carbocycles. The number of anilines is 1. The van der Waals surface area contributed by atoms with Crippen molar-refractivity contribution in [1.82, 2.24) is 5.32 Å². The molecule has 4 rings (SSSR count). The Balaban J connectivity index is 1.69. The summed E-state index contributed by atoms with van der Waals surface area (Å²) in [7, 11) is 0. The SMILES string of the molecule is Cc1ccc(N2C(=O)C(Cc3ccccc3C)S/C2=C(\C#N)C(=O)NCc2ccco2)cc1. The molecule has 1 saturated heterocycles. The van der Waals surface area contributed by atoms with Gasteiger partial charge >= 0.3 is 0 Å². The number of furan rings is 1. The van der Waals surface area contributed by atoms with Gasteiger partial charge in [-0.05, 0) is 55.7 Å². The lowest BCUT2D eigenvalue weighted by Crippen LogP contribution is -2.32. The predicted molar refractivity (Wildman–Crippen MR) is 128 cm³/mol. The maximum atomic E-state index is 13.5. The molecule has 1 aromatic heterocycles. The second-order valence-corrected chi connectivity index (χ2v) is 8.99. The van der Waals surface area contributed by atoms with Crippen LogP contribution in [0.1, 0.15) is 22.5 Å². The van der Waals surface area contributed by atoms with Crippen LogP contribution in [0.15, 0.2) is 81.9 Å². The van der Waals surface area contributed by atoms with Gasteiger partial charge in [-0.15, -0.1) is 0 Å². The molecule has 2 amide bonds. The summed E-state index contributed by atoms with van der Waals surface area (Å²) in [5.74, 6) is -0.111. The number of benzene rings is 2. The minimum absolute atomic E-state index is 0.0900. The van der Waals surface area contributed by atoms with Crippen LogP contribution in [0, 0.1) is 25.2 Å². The largest absolute Gasteiger partial charge is 0.467 e. The summed E-state index contributed by atoms with van der Waals surface area (Å²) in [6, 6.07) is 20.9. The number of nitriles is 1. The molecule has 1 fully saturated rings. The molecule has 2 heterocycles. The van der Waals surface area contributed by atoms with E-state index in [1.165, 1.54) is 22.9 Å². The van der Waals surface area contributed by atoms with Crippen molar-refractivity contribution >= 4 is 29.3 Å². The number of carbonyl (C=O) groups excluding carboxylic acids is 2. The van der Waals surface area contributed by atoms with E-state index in [4.69, 9.17) is 4.42 Å². The van der Waals surface area contributed by atoms with Gasteiger partial charge in [0.1, 0.15) is 22.4 Å².